The zero-order valence-electron chi connectivity index (χ0n) is 12.2. The molecule has 110 valence electrons. The Balaban J connectivity index is 2.16. The van der Waals surface area contributed by atoms with E-state index in [1.807, 2.05) is 19.1 Å². The van der Waals surface area contributed by atoms with Gasteiger partial charge in [0.1, 0.15) is 5.82 Å². The molecular formula is C16H18ClN3O. The van der Waals surface area contributed by atoms with Gasteiger partial charge >= 0.3 is 0 Å². The van der Waals surface area contributed by atoms with E-state index in [1.54, 1.807) is 6.07 Å². The van der Waals surface area contributed by atoms with E-state index in [4.69, 9.17) is 21.6 Å². The minimum Gasteiger partial charge on any atom is -0.381 e. The van der Waals surface area contributed by atoms with Gasteiger partial charge in [0, 0.05) is 18.6 Å². The number of ether oxygens (including phenoxy) is 1. The zero-order chi connectivity index (χ0) is 15.0. The van der Waals surface area contributed by atoms with Gasteiger partial charge in [0.25, 0.3) is 0 Å². The number of hydrogen-bond donors (Lipinski definition) is 0. The van der Waals surface area contributed by atoms with Crippen molar-refractivity contribution in [2.45, 2.75) is 31.7 Å². The van der Waals surface area contributed by atoms with Crippen molar-refractivity contribution in [2.24, 2.45) is 5.92 Å². The maximum atomic E-state index is 9.13. The molecule has 0 amide bonds. The summed E-state index contributed by atoms with van der Waals surface area (Å²) in [5.41, 5.74) is 2.52. The average Bonchev–Trinajstić information content (AvgIpc) is 3.13. The van der Waals surface area contributed by atoms with Crippen LogP contribution in [0.25, 0.3) is 11.0 Å². The first kappa shape index (κ1) is 14.4. The van der Waals surface area contributed by atoms with Crippen molar-refractivity contribution < 1.29 is 4.74 Å². The smallest absolute Gasteiger partial charge is 0.127 e. The van der Waals surface area contributed by atoms with Crippen LogP contribution in [0.3, 0.4) is 0 Å². The first-order valence-corrected chi connectivity index (χ1v) is 7.69. The molecule has 3 unspecified atom stereocenters. The number of nitrogens with zero attached hydrogens (tertiary/aromatic N) is 3. The van der Waals surface area contributed by atoms with Gasteiger partial charge in [-0.2, -0.15) is 5.26 Å². The molecule has 5 heteroatoms. The molecular weight excluding hydrogens is 286 g/mol. The number of halogens is 1. The molecule has 0 bridgehead atoms. The van der Waals surface area contributed by atoms with Gasteiger partial charge in [0.05, 0.1) is 34.7 Å². The second-order valence-corrected chi connectivity index (χ2v) is 6.29. The van der Waals surface area contributed by atoms with Crippen molar-refractivity contribution in [2.75, 3.05) is 13.2 Å². The van der Waals surface area contributed by atoms with Crippen LogP contribution >= 0.6 is 11.6 Å². The van der Waals surface area contributed by atoms with Crippen molar-refractivity contribution in [3.05, 3.63) is 29.6 Å². The summed E-state index contributed by atoms with van der Waals surface area (Å²) in [5.74, 6) is 1.32. The van der Waals surface area contributed by atoms with E-state index in [0.717, 1.165) is 36.5 Å². The summed E-state index contributed by atoms with van der Waals surface area (Å²) in [6.45, 7) is 5.70. The quantitative estimate of drug-likeness (QED) is 0.810. The van der Waals surface area contributed by atoms with Gasteiger partial charge in [-0.25, -0.2) is 4.98 Å². The lowest BCUT2D eigenvalue weighted by Gasteiger charge is -2.23. The second-order valence-electron chi connectivity index (χ2n) is 5.64. The molecule has 0 radical (unpaired) electrons. The highest BCUT2D eigenvalue weighted by Gasteiger charge is 2.28. The van der Waals surface area contributed by atoms with Crippen LogP contribution in [0.4, 0.5) is 0 Å². The van der Waals surface area contributed by atoms with E-state index in [1.165, 1.54) is 0 Å². The maximum Gasteiger partial charge on any atom is 0.127 e. The summed E-state index contributed by atoms with van der Waals surface area (Å²) >= 11 is 6.32. The number of imidazole rings is 1. The van der Waals surface area contributed by atoms with Crippen LogP contribution < -0.4 is 0 Å². The molecule has 3 atom stereocenters. The molecule has 0 saturated carbocycles. The first-order chi connectivity index (χ1) is 10.1. The van der Waals surface area contributed by atoms with Gasteiger partial charge in [0.2, 0.25) is 0 Å². The van der Waals surface area contributed by atoms with E-state index in [-0.39, 0.29) is 11.4 Å². The summed E-state index contributed by atoms with van der Waals surface area (Å²) in [5, 5.41) is 8.95. The lowest BCUT2D eigenvalue weighted by atomic mass is 10.00. The van der Waals surface area contributed by atoms with Crippen LogP contribution in [0.15, 0.2) is 18.2 Å². The van der Waals surface area contributed by atoms with Gasteiger partial charge in [0.15, 0.2) is 0 Å². The number of aromatic nitrogens is 2. The lowest BCUT2D eigenvalue weighted by Crippen LogP contribution is -2.19. The standard InChI is InChI=1S/C16H18ClN3O/c1-10(17)16-19-14-4-3-12(8-18)7-15(14)20(16)11(2)13-5-6-21-9-13/h3-4,7,10-11,13H,5-6,9H2,1-2H3. The Morgan fingerprint density at radius 1 is 1.48 bits per heavy atom. The highest BCUT2D eigenvalue weighted by molar-refractivity contribution is 6.20. The van der Waals surface area contributed by atoms with Crippen LogP contribution in [0.5, 0.6) is 0 Å². The Bertz CT molecular complexity index is 695. The molecule has 2 aromatic rings. The van der Waals surface area contributed by atoms with Crippen molar-refractivity contribution in [3.8, 4) is 6.07 Å². The van der Waals surface area contributed by atoms with Crippen molar-refractivity contribution >= 4 is 22.6 Å². The van der Waals surface area contributed by atoms with E-state index >= 15 is 0 Å². The molecule has 0 spiro atoms. The number of nitriles is 1. The van der Waals surface area contributed by atoms with Gasteiger partial charge < -0.3 is 9.30 Å². The Labute approximate surface area is 129 Å². The van der Waals surface area contributed by atoms with Gasteiger partial charge in [-0.05, 0) is 38.5 Å². The van der Waals surface area contributed by atoms with Crippen LogP contribution in [0.1, 0.15) is 43.1 Å². The molecule has 1 aromatic carbocycles. The summed E-state index contributed by atoms with van der Waals surface area (Å²) < 4.78 is 7.70. The van der Waals surface area contributed by atoms with E-state index in [9.17, 15) is 0 Å². The Morgan fingerprint density at radius 3 is 2.90 bits per heavy atom. The molecule has 3 rings (SSSR count). The molecule has 4 nitrogen and oxygen atoms in total. The molecule has 1 aromatic heterocycles. The Hall–Kier alpha value is -1.57. The minimum atomic E-state index is -0.173. The van der Waals surface area contributed by atoms with Gasteiger partial charge in [-0.3, -0.25) is 0 Å². The van der Waals surface area contributed by atoms with Crippen LogP contribution in [0.2, 0.25) is 0 Å². The van der Waals surface area contributed by atoms with Crippen LogP contribution in [0, 0.1) is 17.2 Å². The fourth-order valence-electron chi connectivity index (χ4n) is 3.03. The monoisotopic (exact) mass is 303 g/mol. The summed E-state index contributed by atoms with van der Waals surface area (Å²) in [7, 11) is 0. The maximum absolute atomic E-state index is 9.13. The summed E-state index contributed by atoms with van der Waals surface area (Å²) in [4.78, 5) is 4.66. The van der Waals surface area contributed by atoms with Crippen LogP contribution in [-0.4, -0.2) is 22.8 Å². The molecule has 0 aliphatic carbocycles. The van der Waals surface area contributed by atoms with Crippen LogP contribution in [-0.2, 0) is 4.74 Å². The normalized spacial score (nSPS) is 21.3. The number of fused-ring (bicyclic) bond motifs is 1. The average molecular weight is 304 g/mol. The van der Waals surface area contributed by atoms with E-state index in [0.29, 0.717) is 11.5 Å². The summed E-state index contributed by atoms with van der Waals surface area (Å²) in [6, 6.07) is 8.04. The van der Waals surface area contributed by atoms with Gasteiger partial charge in [-0.1, -0.05) is 0 Å². The predicted octanol–water partition coefficient (Wildman–Crippen LogP) is 3.81. The number of benzene rings is 1. The number of alkyl halides is 1. The second kappa shape index (κ2) is 5.67. The van der Waals surface area contributed by atoms with E-state index in [2.05, 4.69) is 22.5 Å². The molecule has 1 aliphatic rings. The fraction of sp³-hybridized carbons (Fsp3) is 0.500. The Morgan fingerprint density at radius 2 is 2.29 bits per heavy atom. The molecule has 1 saturated heterocycles. The molecule has 1 aliphatic heterocycles. The largest absolute Gasteiger partial charge is 0.381 e. The topological polar surface area (TPSA) is 50.8 Å². The molecule has 2 heterocycles. The first-order valence-electron chi connectivity index (χ1n) is 7.25. The number of hydrogen-bond acceptors (Lipinski definition) is 3. The van der Waals surface area contributed by atoms with Crippen molar-refractivity contribution in [1.29, 1.82) is 5.26 Å². The lowest BCUT2D eigenvalue weighted by molar-refractivity contribution is 0.175. The number of rotatable bonds is 3. The zero-order valence-corrected chi connectivity index (χ0v) is 13.0. The molecule has 21 heavy (non-hydrogen) atoms. The van der Waals surface area contributed by atoms with Crippen molar-refractivity contribution in [3.63, 3.8) is 0 Å². The highest BCUT2D eigenvalue weighted by atomic mass is 35.5. The third kappa shape index (κ3) is 2.52. The molecule has 0 N–H and O–H groups in total. The predicted molar refractivity (Wildman–Crippen MR) is 82.4 cm³/mol. The fourth-order valence-corrected chi connectivity index (χ4v) is 3.19. The highest BCUT2D eigenvalue weighted by Crippen LogP contribution is 2.34. The van der Waals surface area contributed by atoms with E-state index < -0.39 is 0 Å². The molecule has 1 fully saturated rings. The Kier molecular flexibility index (Phi) is 3.88. The SMILES string of the molecule is CC(Cl)c1nc2ccc(C#N)cc2n1C(C)C1CCOC1. The summed E-state index contributed by atoms with van der Waals surface area (Å²) in [6.07, 6.45) is 1.05. The third-order valence-electron chi connectivity index (χ3n) is 4.26. The minimum absolute atomic E-state index is 0.173. The van der Waals surface area contributed by atoms with Crippen molar-refractivity contribution in [1.82, 2.24) is 9.55 Å². The third-order valence-corrected chi connectivity index (χ3v) is 4.45. The van der Waals surface area contributed by atoms with Gasteiger partial charge in [-0.15, -0.1) is 11.6 Å².